The Kier molecular flexibility index (Phi) is 8.93. The molecular weight excluding hydrogens is 414 g/mol. The van der Waals surface area contributed by atoms with Crippen LogP contribution in [0.5, 0.6) is 0 Å². The van der Waals surface area contributed by atoms with Gasteiger partial charge in [0, 0.05) is 24.1 Å². The van der Waals surface area contributed by atoms with Crippen LogP contribution in [0.2, 0.25) is 0 Å². The number of nitrogens with zero attached hydrogens (tertiary/aromatic N) is 2. The Morgan fingerprint density at radius 2 is 1.85 bits per heavy atom. The van der Waals surface area contributed by atoms with Crippen LogP contribution in [0, 0.1) is 11.8 Å². The van der Waals surface area contributed by atoms with E-state index in [1.165, 1.54) is 25.7 Å². The zero-order valence-corrected chi connectivity index (χ0v) is 20.8. The van der Waals surface area contributed by atoms with E-state index < -0.39 is 5.97 Å². The van der Waals surface area contributed by atoms with E-state index in [9.17, 15) is 14.7 Å². The molecule has 0 aliphatic heterocycles. The summed E-state index contributed by atoms with van der Waals surface area (Å²) in [5, 5.41) is 12.2. The Morgan fingerprint density at radius 3 is 2.45 bits per heavy atom. The molecule has 1 amide bonds. The molecule has 0 bridgehead atoms. The van der Waals surface area contributed by atoms with Crippen LogP contribution in [0.25, 0.3) is 11.0 Å². The Labute approximate surface area is 198 Å². The van der Waals surface area contributed by atoms with Crippen molar-refractivity contribution < 1.29 is 14.7 Å². The first-order valence-electron chi connectivity index (χ1n) is 12.9. The number of hydrogen-bond acceptors (Lipinski definition) is 3. The van der Waals surface area contributed by atoms with E-state index in [1.807, 2.05) is 18.2 Å². The van der Waals surface area contributed by atoms with Gasteiger partial charge in [-0.05, 0) is 49.3 Å². The van der Waals surface area contributed by atoms with Crippen molar-refractivity contribution in [2.24, 2.45) is 11.8 Å². The Morgan fingerprint density at radius 1 is 1.15 bits per heavy atom. The van der Waals surface area contributed by atoms with Gasteiger partial charge >= 0.3 is 5.97 Å². The van der Waals surface area contributed by atoms with Crippen molar-refractivity contribution >= 4 is 22.9 Å². The van der Waals surface area contributed by atoms with Crippen molar-refractivity contribution in [1.82, 2.24) is 14.9 Å². The summed E-state index contributed by atoms with van der Waals surface area (Å²) in [5.41, 5.74) is 2.50. The number of imidazole rings is 1. The number of carbonyl (C=O) groups excluding carboxylic acids is 1. The normalized spacial score (nSPS) is 16.4. The predicted molar refractivity (Wildman–Crippen MR) is 133 cm³/mol. The molecule has 2 atom stereocenters. The van der Waals surface area contributed by atoms with Gasteiger partial charge in [0.05, 0.1) is 17.5 Å². The lowest BCUT2D eigenvalue weighted by molar-refractivity contribution is -0.137. The van der Waals surface area contributed by atoms with Gasteiger partial charge in [-0.2, -0.15) is 0 Å². The molecule has 1 aliphatic rings. The highest BCUT2D eigenvalue weighted by molar-refractivity contribution is 5.97. The number of hydrogen-bond donors (Lipinski definition) is 2. The Balaban J connectivity index is 1.88. The van der Waals surface area contributed by atoms with Gasteiger partial charge < -0.3 is 15.0 Å². The number of aliphatic carboxylic acids is 1. The molecule has 1 aromatic carbocycles. The lowest BCUT2D eigenvalue weighted by Crippen LogP contribution is -2.37. The minimum Gasteiger partial charge on any atom is -0.481 e. The maximum absolute atomic E-state index is 13.0. The third kappa shape index (κ3) is 6.36. The Bertz CT molecular complexity index is 941. The van der Waals surface area contributed by atoms with Crippen LogP contribution in [0.4, 0.5) is 0 Å². The quantitative estimate of drug-likeness (QED) is 0.403. The molecule has 2 unspecified atom stereocenters. The molecule has 0 saturated heterocycles. The molecule has 0 radical (unpaired) electrons. The molecule has 6 heteroatoms. The van der Waals surface area contributed by atoms with Crippen molar-refractivity contribution in [3.8, 4) is 0 Å². The van der Waals surface area contributed by atoms with Gasteiger partial charge in [-0.25, -0.2) is 4.98 Å². The van der Waals surface area contributed by atoms with E-state index in [-0.39, 0.29) is 18.4 Å². The summed E-state index contributed by atoms with van der Waals surface area (Å²) < 4.78 is 2.41. The average molecular weight is 456 g/mol. The molecule has 33 heavy (non-hydrogen) atoms. The topological polar surface area (TPSA) is 84.2 Å². The number of aromatic nitrogens is 2. The molecule has 1 heterocycles. The largest absolute Gasteiger partial charge is 0.481 e. The van der Waals surface area contributed by atoms with Crippen LogP contribution in [0.3, 0.4) is 0 Å². The predicted octanol–water partition coefficient (Wildman–Crippen LogP) is 6.14. The number of carboxylic acids is 1. The number of benzene rings is 1. The standard InChI is InChI=1S/C27H41N3O3/c1-5-18(4)14-21(17-26(31)32)28-27(33)20-12-13-24-23(16-20)29-25(15-19-10-8-9-11-19)30(24)22(6-2)7-3/h12-13,16,18-19,21-22H,5-11,14-15,17H2,1-4H3,(H,28,33)(H,31,32). The highest BCUT2D eigenvalue weighted by Crippen LogP contribution is 2.32. The molecule has 3 rings (SSSR count). The maximum atomic E-state index is 13.0. The summed E-state index contributed by atoms with van der Waals surface area (Å²) in [4.78, 5) is 29.4. The molecule has 0 spiro atoms. The van der Waals surface area contributed by atoms with Crippen LogP contribution in [0.15, 0.2) is 18.2 Å². The molecule has 1 aliphatic carbocycles. The first-order chi connectivity index (χ1) is 15.9. The van der Waals surface area contributed by atoms with Crippen molar-refractivity contribution in [2.75, 3.05) is 0 Å². The Hall–Kier alpha value is -2.37. The lowest BCUT2D eigenvalue weighted by atomic mass is 9.97. The zero-order valence-electron chi connectivity index (χ0n) is 20.8. The fourth-order valence-corrected chi connectivity index (χ4v) is 5.29. The molecule has 1 fully saturated rings. The van der Waals surface area contributed by atoms with Crippen LogP contribution >= 0.6 is 0 Å². The third-order valence-corrected chi connectivity index (χ3v) is 7.42. The van der Waals surface area contributed by atoms with Crippen molar-refractivity contribution in [1.29, 1.82) is 0 Å². The minimum atomic E-state index is -0.889. The number of amides is 1. The summed E-state index contributed by atoms with van der Waals surface area (Å²) in [6.45, 7) is 8.61. The van der Waals surface area contributed by atoms with Crippen LogP contribution in [0.1, 0.15) is 108 Å². The third-order valence-electron chi connectivity index (χ3n) is 7.42. The highest BCUT2D eigenvalue weighted by Gasteiger charge is 2.24. The highest BCUT2D eigenvalue weighted by atomic mass is 16.4. The van der Waals surface area contributed by atoms with Crippen molar-refractivity contribution in [3.63, 3.8) is 0 Å². The number of nitrogens with one attached hydrogen (secondary N) is 1. The van der Waals surface area contributed by atoms with Gasteiger partial charge in [0.15, 0.2) is 0 Å². The molecular formula is C27H41N3O3. The number of fused-ring (bicyclic) bond motifs is 1. The van der Waals surface area contributed by atoms with E-state index in [4.69, 9.17) is 4.98 Å². The van der Waals surface area contributed by atoms with Crippen molar-refractivity contribution in [3.05, 3.63) is 29.6 Å². The van der Waals surface area contributed by atoms with Crippen LogP contribution < -0.4 is 5.32 Å². The smallest absolute Gasteiger partial charge is 0.305 e. The SMILES string of the molecule is CCC(C)CC(CC(=O)O)NC(=O)c1ccc2c(c1)nc(CC1CCCC1)n2C(CC)CC. The second-order valence-corrected chi connectivity index (χ2v) is 9.94. The summed E-state index contributed by atoms with van der Waals surface area (Å²) in [6.07, 6.45) is 9.84. The average Bonchev–Trinajstić information content (AvgIpc) is 3.42. The van der Waals surface area contributed by atoms with Gasteiger partial charge in [0.1, 0.15) is 5.82 Å². The maximum Gasteiger partial charge on any atom is 0.305 e. The van der Waals surface area contributed by atoms with E-state index in [0.29, 0.717) is 29.9 Å². The van der Waals surface area contributed by atoms with Gasteiger partial charge in [-0.1, -0.05) is 59.8 Å². The molecule has 2 aromatic rings. The molecule has 2 N–H and O–H groups in total. The van der Waals surface area contributed by atoms with Gasteiger partial charge in [0.25, 0.3) is 5.91 Å². The number of carbonyl (C=O) groups is 2. The first-order valence-corrected chi connectivity index (χ1v) is 12.9. The lowest BCUT2D eigenvalue weighted by Gasteiger charge is -2.21. The van der Waals surface area contributed by atoms with E-state index in [0.717, 1.165) is 42.5 Å². The molecule has 6 nitrogen and oxygen atoms in total. The van der Waals surface area contributed by atoms with Crippen molar-refractivity contribution in [2.45, 2.75) is 104 Å². The second kappa shape index (κ2) is 11.7. The zero-order chi connectivity index (χ0) is 24.0. The first kappa shape index (κ1) is 25.3. The minimum absolute atomic E-state index is 0.0623. The van der Waals surface area contributed by atoms with E-state index >= 15 is 0 Å². The summed E-state index contributed by atoms with van der Waals surface area (Å²) in [7, 11) is 0. The van der Waals surface area contributed by atoms with Gasteiger partial charge in [-0.3, -0.25) is 9.59 Å². The monoisotopic (exact) mass is 455 g/mol. The van der Waals surface area contributed by atoms with E-state index in [2.05, 4.69) is 37.6 Å². The summed E-state index contributed by atoms with van der Waals surface area (Å²) in [6, 6.07) is 5.79. The number of rotatable bonds is 12. The fourth-order valence-electron chi connectivity index (χ4n) is 5.29. The summed E-state index contributed by atoms with van der Waals surface area (Å²) in [5.74, 6) is 1.09. The number of carboxylic acid groups (broad SMARTS) is 1. The van der Waals surface area contributed by atoms with Crippen LogP contribution in [-0.2, 0) is 11.2 Å². The molecule has 1 saturated carbocycles. The molecule has 1 aromatic heterocycles. The summed E-state index contributed by atoms with van der Waals surface area (Å²) >= 11 is 0. The van der Waals surface area contributed by atoms with Gasteiger partial charge in [0.2, 0.25) is 0 Å². The van der Waals surface area contributed by atoms with Crippen LogP contribution in [-0.4, -0.2) is 32.6 Å². The van der Waals surface area contributed by atoms with E-state index in [1.54, 1.807) is 0 Å². The fraction of sp³-hybridized carbons (Fsp3) is 0.667. The second-order valence-electron chi connectivity index (χ2n) is 9.94. The van der Waals surface area contributed by atoms with Gasteiger partial charge in [-0.15, -0.1) is 0 Å². The molecule has 182 valence electrons.